The standard InChI is InChI=1S/C27H45N3O4/c1-9-14-20(5)28-24(31)23(21-15-12-11-13-16-21)30(17-10-2)25(32)22(18-19(3)4)29-26(33)34-27(6,7)8/h11-13,15-16,19-20,22-23H,9-10,14,17-18H2,1-8H3,(H,28,31)(H,29,33). The minimum atomic E-state index is -0.798. The van der Waals surface area contributed by atoms with Crippen molar-refractivity contribution in [3.8, 4) is 0 Å². The molecule has 0 spiro atoms. The van der Waals surface area contributed by atoms with Crippen LogP contribution in [0.15, 0.2) is 30.3 Å². The molecule has 0 aromatic heterocycles. The number of rotatable bonds is 12. The molecule has 0 fully saturated rings. The van der Waals surface area contributed by atoms with Gasteiger partial charge in [0.2, 0.25) is 11.8 Å². The van der Waals surface area contributed by atoms with Crippen molar-refractivity contribution in [2.75, 3.05) is 6.54 Å². The highest BCUT2D eigenvalue weighted by molar-refractivity contribution is 5.92. The summed E-state index contributed by atoms with van der Waals surface area (Å²) in [6.45, 7) is 15.7. The fraction of sp³-hybridized carbons (Fsp3) is 0.667. The van der Waals surface area contributed by atoms with Crippen molar-refractivity contribution in [3.05, 3.63) is 35.9 Å². The van der Waals surface area contributed by atoms with Crippen LogP contribution in [0.4, 0.5) is 4.79 Å². The number of nitrogens with one attached hydrogen (secondary N) is 2. The lowest BCUT2D eigenvalue weighted by atomic mass is 9.98. The zero-order valence-corrected chi connectivity index (χ0v) is 22.3. The molecule has 1 aromatic carbocycles. The lowest BCUT2D eigenvalue weighted by Gasteiger charge is -2.35. The second kappa shape index (κ2) is 14.0. The molecule has 3 atom stereocenters. The average Bonchev–Trinajstić information content (AvgIpc) is 2.71. The third-order valence-corrected chi connectivity index (χ3v) is 5.23. The van der Waals surface area contributed by atoms with E-state index in [1.54, 1.807) is 25.7 Å². The predicted molar refractivity (Wildman–Crippen MR) is 136 cm³/mol. The van der Waals surface area contributed by atoms with Crippen molar-refractivity contribution < 1.29 is 19.1 Å². The average molecular weight is 476 g/mol. The van der Waals surface area contributed by atoms with Crippen molar-refractivity contribution >= 4 is 17.9 Å². The van der Waals surface area contributed by atoms with Crippen molar-refractivity contribution in [2.24, 2.45) is 5.92 Å². The Morgan fingerprint density at radius 3 is 2.09 bits per heavy atom. The molecule has 0 aliphatic rings. The molecular weight excluding hydrogens is 430 g/mol. The number of alkyl carbamates (subject to hydrolysis) is 1. The summed E-state index contributed by atoms with van der Waals surface area (Å²) in [4.78, 5) is 41.5. The normalized spacial score (nSPS) is 14.1. The summed E-state index contributed by atoms with van der Waals surface area (Å²) in [5.74, 6) is -0.344. The molecule has 7 nitrogen and oxygen atoms in total. The number of ether oxygens (including phenoxy) is 1. The van der Waals surface area contributed by atoms with Gasteiger partial charge in [-0.25, -0.2) is 4.79 Å². The Morgan fingerprint density at radius 2 is 1.59 bits per heavy atom. The highest BCUT2D eigenvalue weighted by Gasteiger charge is 2.36. The van der Waals surface area contributed by atoms with E-state index in [2.05, 4.69) is 17.6 Å². The summed E-state index contributed by atoms with van der Waals surface area (Å²) in [6, 6.07) is 7.75. The summed E-state index contributed by atoms with van der Waals surface area (Å²) < 4.78 is 5.41. The van der Waals surface area contributed by atoms with E-state index in [1.807, 2.05) is 58.0 Å². The Bertz CT molecular complexity index is 774. The van der Waals surface area contributed by atoms with Crippen molar-refractivity contribution in [1.82, 2.24) is 15.5 Å². The minimum absolute atomic E-state index is 0.00589. The van der Waals surface area contributed by atoms with Crippen LogP contribution in [0.3, 0.4) is 0 Å². The first-order valence-corrected chi connectivity index (χ1v) is 12.5. The van der Waals surface area contributed by atoms with Crippen LogP contribution >= 0.6 is 0 Å². The lowest BCUT2D eigenvalue weighted by Crippen LogP contribution is -2.54. The van der Waals surface area contributed by atoms with E-state index >= 15 is 0 Å². The first-order chi connectivity index (χ1) is 15.9. The van der Waals surface area contributed by atoms with E-state index in [1.165, 1.54) is 0 Å². The predicted octanol–water partition coefficient (Wildman–Crippen LogP) is 5.21. The van der Waals surface area contributed by atoms with Crippen LogP contribution in [-0.4, -0.2) is 47.0 Å². The third kappa shape index (κ3) is 10.1. The molecule has 0 aliphatic heterocycles. The minimum Gasteiger partial charge on any atom is -0.444 e. The van der Waals surface area contributed by atoms with E-state index < -0.39 is 23.8 Å². The number of benzene rings is 1. The van der Waals surface area contributed by atoms with Crippen LogP contribution in [0.2, 0.25) is 0 Å². The van der Waals surface area contributed by atoms with E-state index in [0.29, 0.717) is 19.4 Å². The van der Waals surface area contributed by atoms with Crippen LogP contribution in [0.5, 0.6) is 0 Å². The number of amides is 3. The number of carbonyl (C=O) groups is 3. The Balaban J connectivity index is 3.34. The maximum atomic E-state index is 13.9. The fourth-order valence-electron chi connectivity index (χ4n) is 3.89. The van der Waals surface area contributed by atoms with Crippen LogP contribution < -0.4 is 10.6 Å². The van der Waals surface area contributed by atoms with Crippen LogP contribution in [0.1, 0.15) is 92.7 Å². The molecule has 34 heavy (non-hydrogen) atoms. The SMILES string of the molecule is CCCC(C)NC(=O)C(c1ccccc1)N(CCC)C(=O)C(CC(C)C)NC(=O)OC(C)(C)C. The first kappa shape index (κ1) is 29.5. The Labute approximate surface area is 206 Å². The van der Waals surface area contributed by atoms with Gasteiger partial charge < -0.3 is 20.3 Å². The molecule has 0 aliphatic carbocycles. The molecule has 0 heterocycles. The Morgan fingerprint density at radius 1 is 0.971 bits per heavy atom. The third-order valence-electron chi connectivity index (χ3n) is 5.23. The molecule has 3 amide bonds. The highest BCUT2D eigenvalue weighted by Crippen LogP contribution is 2.24. The van der Waals surface area contributed by atoms with Gasteiger partial charge in [0, 0.05) is 12.6 Å². The molecular formula is C27H45N3O4. The highest BCUT2D eigenvalue weighted by atomic mass is 16.6. The maximum absolute atomic E-state index is 13.9. The van der Waals surface area contributed by atoms with Gasteiger partial charge in [-0.2, -0.15) is 0 Å². The maximum Gasteiger partial charge on any atom is 0.408 e. The molecule has 0 saturated heterocycles. The van der Waals surface area contributed by atoms with Gasteiger partial charge in [-0.05, 0) is 58.4 Å². The van der Waals surface area contributed by atoms with Crippen LogP contribution in [0.25, 0.3) is 0 Å². The molecule has 1 rings (SSSR count). The second-order valence-corrected chi connectivity index (χ2v) is 10.4. The molecule has 192 valence electrons. The van der Waals surface area contributed by atoms with Gasteiger partial charge in [0.25, 0.3) is 0 Å². The van der Waals surface area contributed by atoms with Gasteiger partial charge in [0.05, 0.1) is 0 Å². The molecule has 0 bridgehead atoms. The van der Waals surface area contributed by atoms with Crippen LogP contribution in [0, 0.1) is 5.92 Å². The molecule has 2 N–H and O–H groups in total. The van der Waals surface area contributed by atoms with Gasteiger partial charge in [-0.1, -0.05) is 64.4 Å². The molecule has 0 saturated carbocycles. The summed E-state index contributed by atoms with van der Waals surface area (Å²) in [6.07, 6.45) is 2.28. The second-order valence-electron chi connectivity index (χ2n) is 10.4. The van der Waals surface area contributed by atoms with Crippen LogP contribution in [-0.2, 0) is 14.3 Å². The molecule has 7 heteroatoms. The monoisotopic (exact) mass is 475 g/mol. The van der Waals surface area contributed by atoms with Gasteiger partial charge in [0.1, 0.15) is 17.7 Å². The fourth-order valence-corrected chi connectivity index (χ4v) is 3.89. The summed E-state index contributed by atoms with van der Waals surface area (Å²) in [5.41, 5.74) is 0.0617. The number of nitrogens with zero attached hydrogens (tertiary/aromatic N) is 1. The smallest absolute Gasteiger partial charge is 0.408 e. The molecule has 1 aromatic rings. The lowest BCUT2D eigenvalue weighted by molar-refractivity contribution is -0.143. The molecule has 3 unspecified atom stereocenters. The Hall–Kier alpha value is -2.57. The van der Waals surface area contributed by atoms with Gasteiger partial charge in [-0.3, -0.25) is 9.59 Å². The number of hydrogen-bond acceptors (Lipinski definition) is 4. The van der Waals surface area contributed by atoms with Gasteiger partial charge in [-0.15, -0.1) is 0 Å². The summed E-state index contributed by atoms with van der Waals surface area (Å²) >= 11 is 0. The number of carbonyl (C=O) groups excluding carboxylic acids is 3. The zero-order valence-electron chi connectivity index (χ0n) is 22.3. The van der Waals surface area contributed by atoms with Crippen molar-refractivity contribution in [3.63, 3.8) is 0 Å². The van der Waals surface area contributed by atoms with E-state index in [0.717, 1.165) is 18.4 Å². The van der Waals surface area contributed by atoms with Gasteiger partial charge >= 0.3 is 6.09 Å². The van der Waals surface area contributed by atoms with Gasteiger partial charge in [0.15, 0.2) is 0 Å². The Kier molecular flexibility index (Phi) is 12.1. The number of hydrogen-bond donors (Lipinski definition) is 2. The van der Waals surface area contributed by atoms with E-state index in [-0.39, 0.29) is 23.8 Å². The largest absolute Gasteiger partial charge is 0.444 e. The summed E-state index contributed by atoms with van der Waals surface area (Å²) in [7, 11) is 0. The van der Waals surface area contributed by atoms with E-state index in [9.17, 15) is 14.4 Å². The summed E-state index contributed by atoms with van der Waals surface area (Å²) in [5, 5.41) is 5.85. The topological polar surface area (TPSA) is 87.7 Å². The van der Waals surface area contributed by atoms with E-state index in [4.69, 9.17) is 4.74 Å². The zero-order chi connectivity index (χ0) is 25.9. The first-order valence-electron chi connectivity index (χ1n) is 12.5. The quantitative estimate of drug-likeness (QED) is 0.434. The van der Waals surface area contributed by atoms with Crippen molar-refractivity contribution in [2.45, 2.75) is 105 Å². The van der Waals surface area contributed by atoms with Crippen molar-refractivity contribution in [1.29, 1.82) is 0 Å². The molecule has 0 radical (unpaired) electrons.